The van der Waals surface area contributed by atoms with E-state index in [4.69, 9.17) is 16.7 Å². The summed E-state index contributed by atoms with van der Waals surface area (Å²) >= 11 is 5.92. The summed E-state index contributed by atoms with van der Waals surface area (Å²) < 4.78 is 39.6. The summed E-state index contributed by atoms with van der Waals surface area (Å²) in [5.41, 5.74) is -0.0107. The van der Waals surface area contributed by atoms with Crippen LogP contribution in [-0.2, 0) is 17.4 Å². The van der Waals surface area contributed by atoms with Crippen LogP contribution in [0.4, 0.5) is 24.7 Å². The smallest absolute Gasteiger partial charge is 0.416 e. The van der Waals surface area contributed by atoms with Gasteiger partial charge in [0, 0.05) is 24.5 Å². The molecule has 0 radical (unpaired) electrons. The molecule has 0 fully saturated rings. The van der Waals surface area contributed by atoms with E-state index in [-0.39, 0.29) is 22.9 Å². The van der Waals surface area contributed by atoms with Crippen LogP contribution in [0.5, 0.6) is 0 Å². The zero-order valence-corrected chi connectivity index (χ0v) is 16.0. The summed E-state index contributed by atoms with van der Waals surface area (Å²) in [6.07, 6.45) is -1.37. The largest absolute Gasteiger partial charge is 0.481 e. The number of rotatable bonds is 6. The topological polar surface area (TPSA) is 84.2 Å². The zero-order chi connectivity index (χ0) is 21.9. The molecule has 156 valence electrons. The number of alkyl halides is 3. The zero-order valence-electron chi connectivity index (χ0n) is 15.3. The Hall–Kier alpha value is -3.33. The fourth-order valence-corrected chi connectivity index (χ4v) is 2.92. The molecule has 30 heavy (non-hydrogen) atoms. The monoisotopic (exact) mass is 437 g/mol. The number of carboxylic acids is 1. The predicted octanol–water partition coefficient (Wildman–Crippen LogP) is 4.67. The molecule has 0 spiro atoms. The molecule has 0 amide bonds. The van der Waals surface area contributed by atoms with Crippen LogP contribution in [0, 0.1) is 0 Å². The summed E-state index contributed by atoms with van der Waals surface area (Å²) in [6, 6.07) is 9.49. The molecule has 0 atom stereocenters. The van der Waals surface area contributed by atoms with Crippen LogP contribution in [0.15, 0.2) is 59.7 Å². The number of hydrogen-bond acceptors (Lipinski definition) is 4. The molecule has 0 saturated carbocycles. The van der Waals surface area contributed by atoms with Gasteiger partial charge in [-0.1, -0.05) is 23.7 Å². The molecule has 3 rings (SSSR count). The first-order valence-corrected chi connectivity index (χ1v) is 9.05. The minimum atomic E-state index is -4.53. The molecule has 2 aromatic carbocycles. The average molecular weight is 438 g/mol. The Morgan fingerprint density at radius 3 is 2.47 bits per heavy atom. The maximum atomic E-state index is 12.8. The van der Waals surface area contributed by atoms with E-state index in [1.807, 2.05) is 0 Å². The molecule has 0 aliphatic carbocycles. The standard InChI is InChI=1S/C20H15ClF3N3O3/c21-15-11-13(20(22,23)24)4-7-16(15)26-18-19(30)27(10-9-25-18)14-5-1-12(2-6-14)3-8-17(28)29/h1-2,4-7,9-11H,3,8H2,(H,25,26)(H,28,29). The first-order chi connectivity index (χ1) is 14.1. The third-order valence-corrected chi connectivity index (χ3v) is 4.54. The van der Waals surface area contributed by atoms with Crippen molar-refractivity contribution >= 4 is 29.1 Å². The van der Waals surface area contributed by atoms with E-state index in [1.165, 1.54) is 17.0 Å². The molecular formula is C20H15ClF3N3O3. The number of nitrogens with zero attached hydrogens (tertiary/aromatic N) is 2. The van der Waals surface area contributed by atoms with Crippen LogP contribution in [-0.4, -0.2) is 20.6 Å². The number of benzene rings is 2. The summed E-state index contributed by atoms with van der Waals surface area (Å²) in [4.78, 5) is 27.4. The van der Waals surface area contributed by atoms with Gasteiger partial charge in [-0.15, -0.1) is 0 Å². The van der Waals surface area contributed by atoms with Crippen molar-refractivity contribution in [2.75, 3.05) is 5.32 Å². The van der Waals surface area contributed by atoms with E-state index in [0.717, 1.165) is 23.8 Å². The van der Waals surface area contributed by atoms with Gasteiger partial charge in [-0.2, -0.15) is 13.2 Å². The highest BCUT2D eigenvalue weighted by Gasteiger charge is 2.31. The van der Waals surface area contributed by atoms with E-state index in [9.17, 15) is 22.8 Å². The fourth-order valence-electron chi connectivity index (χ4n) is 2.70. The average Bonchev–Trinajstić information content (AvgIpc) is 2.69. The first kappa shape index (κ1) is 21.4. The van der Waals surface area contributed by atoms with Crippen molar-refractivity contribution in [3.05, 3.63) is 81.4 Å². The van der Waals surface area contributed by atoms with Crippen molar-refractivity contribution in [2.24, 2.45) is 0 Å². The van der Waals surface area contributed by atoms with Crippen molar-refractivity contribution in [1.29, 1.82) is 0 Å². The van der Waals surface area contributed by atoms with E-state index >= 15 is 0 Å². The van der Waals surface area contributed by atoms with Crippen LogP contribution in [0.25, 0.3) is 5.69 Å². The van der Waals surface area contributed by atoms with Crippen molar-refractivity contribution in [1.82, 2.24) is 9.55 Å². The lowest BCUT2D eigenvalue weighted by Gasteiger charge is -2.12. The van der Waals surface area contributed by atoms with Crippen LogP contribution in [0.3, 0.4) is 0 Å². The van der Waals surface area contributed by atoms with E-state index in [2.05, 4.69) is 10.3 Å². The van der Waals surface area contributed by atoms with Crippen LogP contribution in [0.2, 0.25) is 5.02 Å². The molecule has 6 nitrogen and oxygen atoms in total. The van der Waals surface area contributed by atoms with Gasteiger partial charge in [-0.25, -0.2) is 4.98 Å². The minimum absolute atomic E-state index is 0.00346. The third kappa shape index (κ3) is 4.98. The van der Waals surface area contributed by atoms with Gasteiger partial charge in [0.1, 0.15) is 0 Å². The molecule has 2 N–H and O–H groups in total. The van der Waals surface area contributed by atoms with Crippen molar-refractivity contribution in [3.8, 4) is 5.69 Å². The van der Waals surface area contributed by atoms with Gasteiger partial charge in [-0.05, 0) is 42.3 Å². The Labute approximate surface area is 173 Å². The lowest BCUT2D eigenvalue weighted by molar-refractivity contribution is -0.138. The SMILES string of the molecule is O=C(O)CCc1ccc(-n2ccnc(Nc3ccc(C(F)(F)F)cc3Cl)c2=O)cc1. The second-order valence-electron chi connectivity index (χ2n) is 6.33. The lowest BCUT2D eigenvalue weighted by atomic mass is 10.1. The Bertz CT molecular complexity index is 1130. The van der Waals surface area contributed by atoms with Gasteiger partial charge in [-0.3, -0.25) is 14.2 Å². The molecule has 0 bridgehead atoms. The number of anilines is 2. The highest BCUT2D eigenvalue weighted by molar-refractivity contribution is 6.33. The number of nitrogens with one attached hydrogen (secondary N) is 1. The second kappa shape index (κ2) is 8.58. The molecule has 0 unspecified atom stereocenters. The van der Waals surface area contributed by atoms with Gasteiger partial charge in [0.2, 0.25) is 0 Å². The molecule has 1 aromatic heterocycles. The Morgan fingerprint density at radius 1 is 1.17 bits per heavy atom. The number of aromatic nitrogens is 2. The van der Waals surface area contributed by atoms with Crippen molar-refractivity contribution in [2.45, 2.75) is 19.0 Å². The maximum Gasteiger partial charge on any atom is 0.416 e. The van der Waals surface area contributed by atoms with E-state index in [0.29, 0.717) is 12.1 Å². The van der Waals surface area contributed by atoms with Gasteiger partial charge in [0.25, 0.3) is 5.56 Å². The summed E-state index contributed by atoms with van der Waals surface area (Å²) in [5.74, 6) is -1.02. The molecule has 0 aliphatic heterocycles. The Kier molecular flexibility index (Phi) is 6.12. The van der Waals surface area contributed by atoms with Crippen LogP contribution in [0.1, 0.15) is 17.5 Å². The molecular weight excluding hydrogens is 423 g/mol. The van der Waals surface area contributed by atoms with Gasteiger partial charge in [0.15, 0.2) is 5.82 Å². The molecule has 3 aromatic rings. The first-order valence-electron chi connectivity index (χ1n) is 8.67. The molecule has 0 saturated heterocycles. The maximum absolute atomic E-state index is 12.8. The molecule has 10 heteroatoms. The quantitative estimate of drug-likeness (QED) is 0.585. The van der Waals surface area contributed by atoms with E-state index in [1.54, 1.807) is 24.3 Å². The fraction of sp³-hybridized carbons (Fsp3) is 0.150. The van der Waals surface area contributed by atoms with Gasteiger partial charge >= 0.3 is 12.1 Å². The minimum Gasteiger partial charge on any atom is -0.481 e. The van der Waals surface area contributed by atoms with E-state index < -0.39 is 23.3 Å². The number of aliphatic carboxylic acids is 1. The highest BCUT2D eigenvalue weighted by atomic mass is 35.5. The Morgan fingerprint density at radius 2 is 1.87 bits per heavy atom. The van der Waals surface area contributed by atoms with Crippen LogP contribution < -0.4 is 10.9 Å². The van der Waals surface area contributed by atoms with Gasteiger partial charge < -0.3 is 10.4 Å². The van der Waals surface area contributed by atoms with Crippen molar-refractivity contribution < 1.29 is 23.1 Å². The lowest BCUT2D eigenvalue weighted by Crippen LogP contribution is -2.22. The highest BCUT2D eigenvalue weighted by Crippen LogP contribution is 2.34. The molecule has 0 aliphatic rings. The number of hydrogen-bond donors (Lipinski definition) is 2. The summed E-state index contributed by atoms with van der Waals surface area (Å²) in [6.45, 7) is 0. The van der Waals surface area contributed by atoms with Gasteiger partial charge in [0.05, 0.1) is 16.3 Å². The molecule has 1 heterocycles. The number of halogens is 4. The van der Waals surface area contributed by atoms with Crippen LogP contribution >= 0.6 is 11.6 Å². The van der Waals surface area contributed by atoms with Crippen molar-refractivity contribution in [3.63, 3.8) is 0 Å². The summed E-state index contributed by atoms with van der Waals surface area (Å²) in [5, 5.41) is 11.2. The Balaban J connectivity index is 1.85. The number of carbonyl (C=O) groups is 1. The predicted molar refractivity (Wildman–Crippen MR) is 106 cm³/mol. The number of aryl methyl sites for hydroxylation is 1. The normalized spacial score (nSPS) is 11.3. The summed E-state index contributed by atoms with van der Waals surface area (Å²) in [7, 11) is 0. The second-order valence-corrected chi connectivity index (χ2v) is 6.74. The number of carboxylic acid groups (broad SMARTS) is 1. The third-order valence-electron chi connectivity index (χ3n) is 4.23.